The summed E-state index contributed by atoms with van der Waals surface area (Å²) in [5.41, 5.74) is 4.01. The highest BCUT2D eigenvalue weighted by Gasteiger charge is 2.33. The van der Waals surface area contributed by atoms with E-state index in [1.807, 2.05) is 6.07 Å². The lowest BCUT2D eigenvalue weighted by molar-refractivity contribution is -0.384. The van der Waals surface area contributed by atoms with Gasteiger partial charge in [-0.2, -0.15) is 5.01 Å². The molecule has 2 amide bonds. The Labute approximate surface area is 199 Å². The molecule has 2 aliphatic heterocycles. The number of amides is 2. The number of aromatic nitrogens is 1. The van der Waals surface area contributed by atoms with Gasteiger partial charge in [0, 0.05) is 55.8 Å². The Morgan fingerprint density at radius 3 is 2.67 bits per heavy atom. The van der Waals surface area contributed by atoms with Crippen LogP contribution in [0.25, 0.3) is 11.8 Å². The minimum Gasteiger partial charge on any atom is -0.379 e. The number of nitrogens with zero attached hydrogens (tertiary/aromatic N) is 4. The second-order valence-corrected chi connectivity index (χ2v) is 9.01. The zero-order valence-electron chi connectivity index (χ0n) is 17.5. The summed E-state index contributed by atoms with van der Waals surface area (Å²) in [6.45, 7) is 3.46. The van der Waals surface area contributed by atoms with Gasteiger partial charge >= 0.3 is 0 Å². The van der Waals surface area contributed by atoms with Crippen LogP contribution in [-0.4, -0.2) is 68.4 Å². The zero-order chi connectivity index (χ0) is 23.4. The topological polar surface area (TPSA) is 110 Å². The number of carbonyl (C=O) groups is 2. The van der Waals surface area contributed by atoms with E-state index in [0.29, 0.717) is 36.0 Å². The molecule has 2 saturated heterocycles. The Kier molecular flexibility index (Phi) is 7.18. The molecule has 0 unspecified atom stereocenters. The van der Waals surface area contributed by atoms with Crippen molar-refractivity contribution in [2.24, 2.45) is 0 Å². The summed E-state index contributed by atoms with van der Waals surface area (Å²) >= 11 is 6.40. The first kappa shape index (κ1) is 23.1. The Morgan fingerprint density at radius 1 is 1.24 bits per heavy atom. The molecule has 0 bridgehead atoms. The van der Waals surface area contributed by atoms with Gasteiger partial charge in [-0.15, -0.1) is 0 Å². The van der Waals surface area contributed by atoms with Crippen molar-refractivity contribution in [3.05, 3.63) is 63.3 Å². The zero-order valence-corrected chi connectivity index (χ0v) is 19.1. The number of nitrogens with one attached hydrogen (secondary N) is 1. The van der Waals surface area contributed by atoms with Crippen molar-refractivity contribution < 1.29 is 19.2 Å². The molecule has 10 nitrogen and oxygen atoms in total. The summed E-state index contributed by atoms with van der Waals surface area (Å²) in [4.78, 5) is 38.2. The number of rotatable bonds is 7. The van der Waals surface area contributed by atoms with Crippen LogP contribution in [0.2, 0.25) is 0 Å². The normalized spacial score (nSPS) is 18.2. The SMILES string of the molecule is O=C(CCN1CCOCC1)NN1C(=O)C(=Cc2cccn2-c2ccc([N+](=O)[O-])cc2)SC1=S. The Bertz CT molecular complexity index is 1110. The predicted octanol–water partition coefficient (Wildman–Crippen LogP) is 2.34. The number of hydrogen-bond acceptors (Lipinski definition) is 8. The fourth-order valence-electron chi connectivity index (χ4n) is 3.45. The Morgan fingerprint density at radius 2 is 1.97 bits per heavy atom. The van der Waals surface area contributed by atoms with Gasteiger partial charge in [-0.05, 0) is 42.6 Å². The van der Waals surface area contributed by atoms with Gasteiger partial charge in [-0.25, -0.2) is 0 Å². The molecule has 0 saturated carbocycles. The summed E-state index contributed by atoms with van der Waals surface area (Å²) in [7, 11) is 0. The number of carbonyl (C=O) groups excluding carboxylic acids is 2. The monoisotopic (exact) mass is 487 g/mol. The third kappa shape index (κ3) is 5.47. The van der Waals surface area contributed by atoms with Gasteiger partial charge in [0.05, 0.1) is 23.0 Å². The number of nitro benzene ring substituents is 1. The van der Waals surface area contributed by atoms with E-state index in [-0.39, 0.29) is 22.3 Å². The number of morpholine rings is 1. The third-order valence-corrected chi connectivity index (χ3v) is 6.49. The van der Waals surface area contributed by atoms with E-state index in [0.717, 1.165) is 29.9 Å². The maximum absolute atomic E-state index is 12.9. The third-order valence-electron chi connectivity index (χ3n) is 5.19. The van der Waals surface area contributed by atoms with Crippen LogP contribution in [0.4, 0.5) is 5.69 Å². The lowest BCUT2D eigenvalue weighted by atomic mass is 10.2. The molecule has 3 heterocycles. The first-order valence-corrected chi connectivity index (χ1v) is 11.4. The first-order valence-electron chi connectivity index (χ1n) is 10.2. The molecule has 33 heavy (non-hydrogen) atoms. The summed E-state index contributed by atoms with van der Waals surface area (Å²) in [5, 5.41) is 12.0. The van der Waals surface area contributed by atoms with E-state index < -0.39 is 10.8 Å². The van der Waals surface area contributed by atoms with Gasteiger partial charge in [0.1, 0.15) is 0 Å². The molecule has 2 aliphatic rings. The molecular weight excluding hydrogens is 466 g/mol. The van der Waals surface area contributed by atoms with Crippen LogP contribution in [0.15, 0.2) is 47.5 Å². The number of thioether (sulfide) groups is 1. The van der Waals surface area contributed by atoms with Crippen molar-refractivity contribution in [3.63, 3.8) is 0 Å². The molecule has 0 radical (unpaired) electrons. The highest BCUT2D eigenvalue weighted by molar-refractivity contribution is 8.26. The number of benzene rings is 1. The van der Waals surface area contributed by atoms with E-state index in [1.54, 1.807) is 35.0 Å². The smallest absolute Gasteiger partial charge is 0.285 e. The highest BCUT2D eigenvalue weighted by Crippen LogP contribution is 2.32. The van der Waals surface area contributed by atoms with Crippen LogP contribution >= 0.6 is 24.0 Å². The molecular formula is C21H21N5O5S2. The summed E-state index contributed by atoms with van der Waals surface area (Å²) in [6.07, 6.45) is 3.72. The number of nitro groups is 1. The highest BCUT2D eigenvalue weighted by atomic mass is 32.2. The molecule has 2 fully saturated rings. The number of hydrogen-bond donors (Lipinski definition) is 1. The van der Waals surface area contributed by atoms with Gasteiger partial charge in [0.25, 0.3) is 11.6 Å². The van der Waals surface area contributed by atoms with Crippen LogP contribution in [0.1, 0.15) is 12.1 Å². The lowest BCUT2D eigenvalue weighted by Crippen LogP contribution is -2.46. The first-order chi connectivity index (χ1) is 15.9. The fraction of sp³-hybridized carbons (Fsp3) is 0.286. The van der Waals surface area contributed by atoms with E-state index in [2.05, 4.69) is 10.3 Å². The van der Waals surface area contributed by atoms with E-state index in [1.165, 1.54) is 12.1 Å². The van der Waals surface area contributed by atoms with Crippen molar-refractivity contribution in [1.82, 2.24) is 19.9 Å². The molecule has 172 valence electrons. The van der Waals surface area contributed by atoms with E-state index >= 15 is 0 Å². The maximum atomic E-state index is 12.9. The number of non-ortho nitro benzene ring substituents is 1. The average Bonchev–Trinajstić information content (AvgIpc) is 3.38. The number of hydrazine groups is 1. The average molecular weight is 488 g/mol. The largest absolute Gasteiger partial charge is 0.379 e. The molecule has 1 N–H and O–H groups in total. The quantitative estimate of drug-likeness (QED) is 0.274. The second kappa shape index (κ2) is 10.3. The van der Waals surface area contributed by atoms with Gasteiger partial charge in [0.15, 0.2) is 4.32 Å². The van der Waals surface area contributed by atoms with E-state index in [4.69, 9.17) is 17.0 Å². The van der Waals surface area contributed by atoms with Gasteiger partial charge in [0.2, 0.25) is 5.91 Å². The predicted molar refractivity (Wildman–Crippen MR) is 127 cm³/mol. The van der Waals surface area contributed by atoms with Crippen LogP contribution in [0.3, 0.4) is 0 Å². The van der Waals surface area contributed by atoms with Gasteiger partial charge in [-0.1, -0.05) is 11.8 Å². The van der Waals surface area contributed by atoms with Crippen molar-refractivity contribution in [2.75, 3.05) is 32.8 Å². The molecule has 12 heteroatoms. The summed E-state index contributed by atoms with van der Waals surface area (Å²) in [5.74, 6) is -0.686. The maximum Gasteiger partial charge on any atom is 0.285 e. The van der Waals surface area contributed by atoms with Crippen LogP contribution in [0.5, 0.6) is 0 Å². The minimum absolute atomic E-state index is 0.00214. The lowest BCUT2D eigenvalue weighted by Gasteiger charge is -2.26. The van der Waals surface area contributed by atoms with E-state index in [9.17, 15) is 19.7 Å². The van der Waals surface area contributed by atoms with Gasteiger partial charge < -0.3 is 9.30 Å². The second-order valence-electron chi connectivity index (χ2n) is 7.33. The summed E-state index contributed by atoms with van der Waals surface area (Å²) < 4.78 is 7.35. The molecule has 1 aromatic heterocycles. The van der Waals surface area contributed by atoms with Crippen molar-refractivity contribution >= 4 is 51.9 Å². The summed E-state index contributed by atoms with van der Waals surface area (Å²) in [6, 6.07) is 9.73. The molecule has 0 atom stereocenters. The standard InChI is InChI=1S/C21H21N5O5S2/c27-19(7-9-23-10-12-31-13-11-23)22-25-20(28)18(33-21(25)32)14-17-2-1-8-24(17)15-3-5-16(6-4-15)26(29)30/h1-6,8,14H,7,9-13H2,(H,22,27). The molecule has 1 aromatic carbocycles. The minimum atomic E-state index is -0.457. The van der Waals surface area contributed by atoms with Crippen LogP contribution < -0.4 is 5.43 Å². The van der Waals surface area contributed by atoms with Crippen molar-refractivity contribution in [3.8, 4) is 5.69 Å². The molecule has 0 aliphatic carbocycles. The van der Waals surface area contributed by atoms with Crippen LogP contribution in [-0.2, 0) is 14.3 Å². The van der Waals surface area contributed by atoms with Crippen molar-refractivity contribution in [1.29, 1.82) is 0 Å². The number of thiocarbonyl (C=S) groups is 1. The van der Waals surface area contributed by atoms with Crippen molar-refractivity contribution in [2.45, 2.75) is 6.42 Å². The fourth-order valence-corrected chi connectivity index (χ4v) is 4.61. The Balaban J connectivity index is 1.42. The van der Waals surface area contributed by atoms with Gasteiger partial charge in [-0.3, -0.25) is 30.0 Å². The Hall–Kier alpha value is -3.06. The molecule has 0 spiro atoms. The molecule has 4 rings (SSSR count). The van der Waals surface area contributed by atoms with Crippen LogP contribution in [0, 0.1) is 10.1 Å². The molecule has 2 aromatic rings. The number of ether oxygens (including phenoxy) is 1.